The number of carbonyl (C=O) groups is 2. The molecule has 1 atom stereocenters. The van der Waals surface area contributed by atoms with Crippen LogP contribution in [0.25, 0.3) is 11.0 Å². The molecule has 31 heavy (non-hydrogen) atoms. The Balaban J connectivity index is 1.82. The van der Waals surface area contributed by atoms with Gasteiger partial charge in [0, 0.05) is 13.7 Å². The van der Waals surface area contributed by atoms with Gasteiger partial charge in [0.25, 0.3) is 11.8 Å². The number of nitrogens with zero attached hydrogens (tertiary/aromatic N) is 1. The van der Waals surface area contributed by atoms with E-state index in [1.807, 2.05) is 13.0 Å². The van der Waals surface area contributed by atoms with Gasteiger partial charge in [-0.2, -0.15) is 0 Å². The summed E-state index contributed by atoms with van der Waals surface area (Å²) >= 11 is 0. The number of hydrogen-bond acceptors (Lipinski definition) is 6. The van der Waals surface area contributed by atoms with E-state index in [2.05, 4.69) is 0 Å². The Bertz CT molecular complexity index is 1220. The topological polar surface area (TPSA) is 112 Å². The Morgan fingerprint density at radius 3 is 2.58 bits per heavy atom. The summed E-state index contributed by atoms with van der Waals surface area (Å²) in [4.78, 5) is 39.1. The van der Waals surface area contributed by atoms with Gasteiger partial charge in [-0.1, -0.05) is 23.8 Å². The summed E-state index contributed by atoms with van der Waals surface area (Å²) in [7, 11) is 1.55. The molecular weight excluding hydrogens is 400 g/mol. The van der Waals surface area contributed by atoms with Gasteiger partial charge in [-0.25, -0.2) is 0 Å². The van der Waals surface area contributed by atoms with Crippen LogP contribution in [0.4, 0.5) is 0 Å². The number of fused-ring (bicyclic) bond motifs is 2. The Labute approximate surface area is 178 Å². The van der Waals surface area contributed by atoms with Crippen LogP contribution in [0.1, 0.15) is 33.3 Å². The number of nitrogens with two attached hydrogens (primary N) is 1. The number of carbonyl (C=O) groups excluding carboxylic acids is 2. The van der Waals surface area contributed by atoms with Gasteiger partial charge < -0.3 is 24.5 Å². The van der Waals surface area contributed by atoms with Crippen molar-refractivity contribution >= 4 is 22.8 Å². The molecule has 0 aliphatic carbocycles. The minimum atomic E-state index is -0.621. The number of aryl methyl sites for hydroxylation is 1. The molecule has 2 amide bonds. The average molecular weight is 422 g/mol. The molecule has 0 fully saturated rings. The van der Waals surface area contributed by atoms with Gasteiger partial charge in [0.1, 0.15) is 11.3 Å². The van der Waals surface area contributed by atoms with Gasteiger partial charge in [-0.05, 0) is 36.8 Å². The predicted molar refractivity (Wildman–Crippen MR) is 113 cm³/mol. The summed E-state index contributed by atoms with van der Waals surface area (Å²) in [6, 6.07) is 11.5. The van der Waals surface area contributed by atoms with Crippen LogP contribution in [0, 0.1) is 6.92 Å². The molecule has 2 N–H and O–H groups in total. The number of benzene rings is 2. The van der Waals surface area contributed by atoms with E-state index in [-0.39, 0.29) is 23.7 Å². The van der Waals surface area contributed by atoms with Crippen LogP contribution >= 0.6 is 0 Å². The monoisotopic (exact) mass is 422 g/mol. The van der Waals surface area contributed by atoms with E-state index in [1.165, 1.54) is 0 Å². The molecule has 3 aromatic rings. The van der Waals surface area contributed by atoms with Crippen molar-refractivity contribution in [2.75, 3.05) is 26.9 Å². The standard InChI is InChI=1S/C23H22N2O6/c1-13-3-8-17-16(11-13)21(27)19-20(25(9-10-29-2)23(28)22(19)31-17)14-4-6-15(7-5-14)30-12-18(24)26/h3-8,11,20H,9-10,12H2,1-2H3,(H2,24,26). The molecule has 2 aromatic carbocycles. The molecule has 1 aliphatic rings. The van der Waals surface area contributed by atoms with E-state index in [0.29, 0.717) is 41.0 Å². The molecule has 8 heteroatoms. The zero-order valence-corrected chi connectivity index (χ0v) is 17.2. The average Bonchev–Trinajstić information content (AvgIpc) is 3.03. The zero-order chi connectivity index (χ0) is 22.1. The fraction of sp³-hybridized carbons (Fsp3) is 0.261. The number of ether oxygens (including phenoxy) is 2. The van der Waals surface area contributed by atoms with E-state index in [9.17, 15) is 14.4 Å². The number of primary amides is 1. The molecule has 1 aliphatic heterocycles. The van der Waals surface area contributed by atoms with Crippen molar-refractivity contribution in [1.82, 2.24) is 4.90 Å². The largest absolute Gasteiger partial charge is 0.484 e. The summed E-state index contributed by atoms with van der Waals surface area (Å²) in [5.41, 5.74) is 7.21. The minimum absolute atomic E-state index is 0.0523. The van der Waals surface area contributed by atoms with E-state index < -0.39 is 11.9 Å². The summed E-state index contributed by atoms with van der Waals surface area (Å²) in [6.07, 6.45) is 0. The highest BCUT2D eigenvalue weighted by molar-refractivity contribution is 5.99. The molecule has 8 nitrogen and oxygen atoms in total. The number of methoxy groups -OCH3 is 1. The van der Waals surface area contributed by atoms with Gasteiger partial charge in [-0.3, -0.25) is 14.4 Å². The molecular formula is C23H22N2O6. The maximum Gasteiger partial charge on any atom is 0.290 e. The van der Waals surface area contributed by atoms with Crippen LogP contribution in [0.15, 0.2) is 51.7 Å². The van der Waals surface area contributed by atoms with Crippen LogP contribution in [-0.2, 0) is 9.53 Å². The summed E-state index contributed by atoms with van der Waals surface area (Å²) in [5, 5.41) is 0.437. The van der Waals surface area contributed by atoms with Crippen LogP contribution < -0.4 is 15.9 Å². The first-order valence-electron chi connectivity index (χ1n) is 9.79. The second-order valence-electron chi connectivity index (χ2n) is 7.39. The smallest absolute Gasteiger partial charge is 0.290 e. The number of rotatable bonds is 7. The van der Waals surface area contributed by atoms with Gasteiger partial charge in [0.15, 0.2) is 12.0 Å². The molecule has 2 heterocycles. The highest BCUT2D eigenvalue weighted by atomic mass is 16.5. The van der Waals surface area contributed by atoms with E-state index in [1.54, 1.807) is 48.4 Å². The summed E-state index contributed by atoms with van der Waals surface area (Å²) in [5.74, 6) is -0.427. The third kappa shape index (κ3) is 3.77. The van der Waals surface area contributed by atoms with E-state index >= 15 is 0 Å². The van der Waals surface area contributed by atoms with Crippen molar-refractivity contribution in [3.63, 3.8) is 0 Å². The molecule has 0 saturated heterocycles. The third-order valence-electron chi connectivity index (χ3n) is 5.23. The first-order chi connectivity index (χ1) is 14.9. The molecule has 1 unspecified atom stereocenters. The lowest BCUT2D eigenvalue weighted by Crippen LogP contribution is -2.32. The first kappa shape index (κ1) is 20.6. The Hall–Kier alpha value is -3.65. The first-order valence-corrected chi connectivity index (χ1v) is 9.79. The van der Waals surface area contributed by atoms with Gasteiger partial charge in [0.05, 0.1) is 23.6 Å². The number of amides is 2. The predicted octanol–water partition coefficient (Wildman–Crippen LogP) is 2.16. The lowest BCUT2D eigenvalue weighted by atomic mass is 9.98. The molecule has 0 radical (unpaired) electrons. The lowest BCUT2D eigenvalue weighted by Gasteiger charge is -2.25. The van der Waals surface area contributed by atoms with Crippen LogP contribution in [0.5, 0.6) is 5.75 Å². The van der Waals surface area contributed by atoms with Crippen LogP contribution in [-0.4, -0.2) is 43.6 Å². The van der Waals surface area contributed by atoms with Gasteiger partial charge in [-0.15, -0.1) is 0 Å². The van der Waals surface area contributed by atoms with Gasteiger partial charge in [0.2, 0.25) is 5.76 Å². The second kappa shape index (κ2) is 8.23. The van der Waals surface area contributed by atoms with E-state index in [4.69, 9.17) is 19.6 Å². The zero-order valence-electron chi connectivity index (χ0n) is 17.2. The minimum Gasteiger partial charge on any atom is -0.484 e. The Kier molecular flexibility index (Phi) is 5.48. The third-order valence-corrected chi connectivity index (χ3v) is 5.23. The molecule has 0 bridgehead atoms. The maximum absolute atomic E-state index is 13.4. The Morgan fingerprint density at radius 1 is 1.16 bits per heavy atom. The van der Waals surface area contributed by atoms with Crippen molar-refractivity contribution in [2.45, 2.75) is 13.0 Å². The molecule has 160 valence electrons. The highest BCUT2D eigenvalue weighted by Crippen LogP contribution is 2.38. The second-order valence-corrected chi connectivity index (χ2v) is 7.39. The molecule has 1 aromatic heterocycles. The summed E-state index contributed by atoms with van der Waals surface area (Å²) < 4.78 is 16.4. The highest BCUT2D eigenvalue weighted by Gasteiger charge is 2.42. The van der Waals surface area contributed by atoms with Gasteiger partial charge >= 0.3 is 0 Å². The molecule has 0 spiro atoms. The van der Waals surface area contributed by atoms with E-state index in [0.717, 1.165) is 5.56 Å². The Morgan fingerprint density at radius 2 is 1.90 bits per heavy atom. The van der Waals surface area contributed by atoms with Crippen molar-refractivity contribution in [3.8, 4) is 5.75 Å². The van der Waals surface area contributed by atoms with Crippen LogP contribution in [0.2, 0.25) is 0 Å². The quantitative estimate of drug-likeness (QED) is 0.624. The SMILES string of the molecule is COCCN1C(=O)c2oc3ccc(C)cc3c(=O)c2C1c1ccc(OCC(N)=O)cc1. The summed E-state index contributed by atoms with van der Waals surface area (Å²) in [6.45, 7) is 2.26. The normalized spacial score (nSPS) is 15.4. The number of hydrogen-bond donors (Lipinski definition) is 1. The lowest BCUT2D eigenvalue weighted by molar-refractivity contribution is -0.119. The van der Waals surface area contributed by atoms with Crippen molar-refractivity contribution < 1.29 is 23.5 Å². The van der Waals surface area contributed by atoms with Crippen molar-refractivity contribution in [3.05, 3.63) is 75.1 Å². The maximum atomic E-state index is 13.4. The fourth-order valence-electron chi connectivity index (χ4n) is 3.80. The molecule has 0 saturated carbocycles. The van der Waals surface area contributed by atoms with Crippen molar-refractivity contribution in [1.29, 1.82) is 0 Å². The molecule has 4 rings (SSSR count). The van der Waals surface area contributed by atoms with Crippen molar-refractivity contribution in [2.24, 2.45) is 5.73 Å². The fourth-order valence-corrected chi connectivity index (χ4v) is 3.80. The van der Waals surface area contributed by atoms with Crippen LogP contribution in [0.3, 0.4) is 0 Å².